The number of rotatable bonds is 8. The molecule has 4 N–H and O–H groups in total. The summed E-state index contributed by atoms with van der Waals surface area (Å²) in [6.07, 6.45) is 5.63. The molecule has 7 rings (SSSR count). The van der Waals surface area contributed by atoms with E-state index in [0.717, 1.165) is 17.3 Å². The molecule has 18 nitrogen and oxygen atoms in total. The summed E-state index contributed by atoms with van der Waals surface area (Å²) in [6.45, 7) is 2.83. The van der Waals surface area contributed by atoms with Crippen LogP contribution in [0.4, 0.5) is 15.4 Å². The van der Waals surface area contributed by atoms with Crippen LogP contribution in [0.1, 0.15) is 41.4 Å². The van der Waals surface area contributed by atoms with Crippen molar-refractivity contribution in [3.8, 4) is 0 Å². The number of Topliss-reactive ketones (excluding diaryl/α,β-unsaturated/α-hetero) is 1. The van der Waals surface area contributed by atoms with Crippen LogP contribution in [-0.4, -0.2) is 112 Å². The molecule has 3 aliphatic rings. The molecule has 1 aliphatic carbocycles. The van der Waals surface area contributed by atoms with Crippen LogP contribution in [0.15, 0.2) is 64.4 Å². The van der Waals surface area contributed by atoms with Gasteiger partial charge in [0.2, 0.25) is 0 Å². The Kier molecular flexibility index (Phi) is 13.5. The smallest absolute Gasteiger partial charge is 0.422 e. The molecule has 0 spiro atoms. The Balaban J connectivity index is 0.000000269. The van der Waals surface area contributed by atoms with Crippen LogP contribution in [0.25, 0.3) is 10.9 Å². The molecule has 2 aromatic heterocycles. The average Bonchev–Trinajstić information content (AvgIpc) is 3.60. The minimum absolute atomic E-state index is 0.0103. The maximum Gasteiger partial charge on any atom is 0.422 e. The molecule has 1 unspecified atom stereocenters. The number of piperazine rings is 1. The Hall–Kier alpha value is -5.02. The Labute approximate surface area is 341 Å². The van der Waals surface area contributed by atoms with Crippen molar-refractivity contribution in [1.29, 1.82) is 0 Å². The second-order valence-electron chi connectivity index (χ2n) is 13.6. The highest BCUT2D eigenvalue weighted by Crippen LogP contribution is 2.26. The maximum atomic E-state index is 13.0. The van der Waals surface area contributed by atoms with Gasteiger partial charge in [-0.2, -0.15) is 12.7 Å². The zero-order valence-electron chi connectivity index (χ0n) is 30.7. The number of aromatic nitrogens is 4. The first kappa shape index (κ1) is 41.6. The number of nitrogens with zero attached hydrogens (tertiary/aromatic N) is 6. The molecule has 2 aromatic carbocycles. The van der Waals surface area contributed by atoms with Gasteiger partial charge in [-0.05, 0) is 78.3 Å². The molecular formula is C36H40BrClN10O8S. The number of ketones is 1. The number of ether oxygens (including phenoxy) is 1. The second kappa shape index (κ2) is 18.5. The predicted molar refractivity (Wildman–Crippen MR) is 213 cm³/mol. The highest BCUT2D eigenvalue weighted by Gasteiger charge is 2.32. The summed E-state index contributed by atoms with van der Waals surface area (Å²) in [7, 11) is -4.14. The number of benzene rings is 2. The van der Waals surface area contributed by atoms with E-state index in [9.17, 15) is 32.4 Å². The lowest BCUT2D eigenvalue weighted by molar-refractivity contribution is -0.117. The van der Waals surface area contributed by atoms with E-state index in [1.165, 1.54) is 46.2 Å². The highest BCUT2D eigenvalue weighted by molar-refractivity contribution is 9.10. The van der Waals surface area contributed by atoms with Crippen molar-refractivity contribution < 1.29 is 32.3 Å². The van der Waals surface area contributed by atoms with Gasteiger partial charge in [0, 0.05) is 55.6 Å². The molecule has 4 heterocycles. The Morgan fingerprint density at radius 1 is 1.02 bits per heavy atom. The van der Waals surface area contributed by atoms with Gasteiger partial charge < -0.3 is 20.3 Å². The standard InChI is InChI=1S/C25H32N8O6S.C11H8BrClN2O2/c34-23(29-19-14-17-4-1-2-5-18(17)15-19)21-22(28-9-8-27-21)30-24(35)32-10-12-33(13-11-32)40(37,38)31-25(36)39-20-6-3-7-26-16-20;1-6(16)4-15-5-14-10-3-8(12)9(13)2-7(10)11(15)17/h1-2,4-5,8-9,19-20,26H,3,6-7,10-16H2,(H,29,34)(H,31,36)(H,28,30,35);2-3,5H,4H2,1H3. The zero-order chi connectivity index (χ0) is 40.7. The Bertz CT molecular complexity index is 2310. The number of fused-ring (bicyclic) bond motifs is 2. The van der Waals surface area contributed by atoms with Gasteiger partial charge in [-0.25, -0.2) is 29.3 Å². The van der Waals surface area contributed by atoms with Crippen LogP contribution in [-0.2, 0) is 39.1 Å². The molecule has 302 valence electrons. The van der Waals surface area contributed by atoms with Crippen LogP contribution in [0.3, 0.4) is 0 Å². The molecule has 1 atom stereocenters. The quantitative estimate of drug-likeness (QED) is 0.200. The van der Waals surface area contributed by atoms with Crippen LogP contribution in [0.5, 0.6) is 0 Å². The summed E-state index contributed by atoms with van der Waals surface area (Å²) >= 11 is 9.19. The number of hydrogen-bond donors (Lipinski definition) is 4. The number of hydrogen-bond acceptors (Lipinski definition) is 12. The molecule has 0 saturated carbocycles. The van der Waals surface area contributed by atoms with E-state index in [1.54, 1.807) is 12.1 Å². The third-order valence-corrected chi connectivity index (χ3v) is 12.1. The summed E-state index contributed by atoms with van der Waals surface area (Å²) in [5.41, 5.74) is 2.65. The number of carbonyl (C=O) groups is 4. The van der Waals surface area contributed by atoms with E-state index in [-0.39, 0.29) is 67.7 Å². The first-order valence-corrected chi connectivity index (χ1v) is 20.7. The lowest BCUT2D eigenvalue weighted by Crippen LogP contribution is -2.55. The van der Waals surface area contributed by atoms with Gasteiger partial charge in [-0.1, -0.05) is 35.9 Å². The fraction of sp³-hybridized carbons (Fsp3) is 0.389. The van der Waals surface area contributed by atoms with Gasteiger partial charge in [0.15, 0.2) is 11.5 Å². The molecule has 2 saturated heterocycles. The monoisotopic (exact) mass is 886 g/mol. The van der Waals surface area contributed by atoms with Crippen LogP contribution in [0, 0.1) is 0 Å². The lowest BCUT2D eigenvalue weighted by Gasteiger charge is -2.33. The van der Waals surface area contributed by atoms with Gasteiger partial charge in [-0.3, -0.25) is 24.3 Å². The number of halogens is 2. The largest absolute Gasteiger partial charge is 0.444 e. The van der Waals surface area contributed by atoms with Gasteiger partial charge in [0.05, 0.1) is 28.8 Å². The van der Waals surface area contributed by atoms with Gasteiger partial charge in [0.1, 0.15) is 11.9 Å². The lowest BCUT2D eigenvalue weighted by atomic mass is 10.1. The topological polar surface area (TPSA) is 227 Å². The van der Waals surface area contributed by atoms with E-state index in [1.807, 2.05) is 29.0 Å². The normalized spacial score (nSPS) is 17.2. The Morgan fingerprint density at radius 3 is 2.39 bits per heavy atom. The molecule has 2 fully saturated rings. The summed E-state index contributed by atoms with van der Waals surface area (Å²) in [5.74, 6) is -0.535. The molecule has 21 heteroatoms. The van der Waals surface area contributed by atoms with Crippen LogP contribution >= 0.6 is 27.5 Å². The molecular weight excluding hydrogens is 848 g/mol. The van der Waals surface area contributed by atoms with E-state index in [2.05, 4.69) is 46.8 Å². The van der Waals surface area contributed by atoms with Crippen molar-refractivity contribution in [3.63, 3.8) is 0 Å². The third-order valence-electron chi connectivity index (χ3n) is 9.39. The predicted octanol–water partition coefficient (Wildman–Crippen LogP) is 2.65. The fourth-order valence-electron chi connectivity index (χ4n) is 6.59. The summed E-state index contributed by atoms with van der Waals surface area (Å²) < 4.78 is 35.5. The van der Waals surface area contributed by atoms with Crippen molar-refractivity contribution in [2.75, 3.05) is 44.6 Å². The summed E-state index contributed by atoms with van der Waals surface area (Å²) in [6, 6.07) is 10.6. The first-order chi connectivity index (χ1) is 27.3. The van der Waals surface area contributed by atoms with E-state index < -0.39 is 28.2 Å². The van der Waals surface area contributed by atoms with Crippen molar-refractivity contribution >= 4 is 78.3 Å². The van der Waals surface area contributed by atoms with Crippen molar-refractivity contribution in [2.24, 2.45) is 0 Å². The molecule has 4 amide bonds. The second-order valence-corrected chi connectivity index (χ2v) is 16.5. The van der Waals surface area contributed by atoms with Gasteiger partial charge >= 0.3 is 22.3 Å². The minimum atomic E-state index is -4.14. The molecule has 2 aliphatic heterocycles. The van der Waals surface area contributed by atoms with Crippen LogP contribution in [0.2, 0.25) is 5.02 Å². The zero-order valence-corrected chi connectivity index (χ0v) is 33.9. The summed E-state index contributed by atoms with van der Waals surface area (Å²) in [5, 5.41) is 9.53. The number of urea groups is 1. The average molecular weight is 888 g/mol. The van der Waals surface area contributed by atoms with E-state index in [0.29, 0.717) is 46.2 Å². The number of piperidine rings is 1. The number of carbonyl (C=O) groups excluding carboxylic acids is 4. The van der Waals surface area contributed by atoms with Gasteiger partial charge in [-0.15, -0.1) is 0 Å². The Morgan fingerprint density at radius 2 is 1.72 bits per heavy atom. The van der Waals surface area contributed by atoms with Crippen molar-refractivity contribution in [2.45, 2.75) is 51.3 Å². The minimum Gasteiger partial charge on any atom is -0.444 e. The first-order valence-electron chi connectivity index (χ1n) is 18.0. The fourth-order valence-corrected chi connectivity index (χ4v) is 8.12. The highest BCUT2D eigenvalue weighted by atomic mass is 79.9. The van der Waals surface area contributed by atoms with Gasteiger partial charge in [0.25, 0.3) is 11.5 Å². The number of anilines is 1. The van der Waals surface area contributed by atoms with E-state index in [4.69, 9.17) is 16.3 Å². The molecule has 0 radical (unpaired) electrons. The van der Waals surface area contributed by atoms with Crippen LogP contribution < -0.4 is 26.2 Å². The maximum absolute atomic E-state index is 13.0. The number of nitrogens with one attached hydrogen (secondary N) is 4. The number of amides is 4. The SMILES string of the molecule is CC(=O)Cn1cnc2cc(Br)c(Cl)cc2c1=O.O=C(NS(=O)(=O)N1CCN(C(=O)Nc2nccnc2C(=O)NC2Cc3ccccc3C2)CC1)OC1CCCNC1. The van der Waals surface area contributed by atoms with Crippen molar-refractivity contribution in [3.05, 3.63) is 91.8 Å². The summed E-state index contributed by atoms with van der Waals surface area (Å²) in [4.78, 5) is 74.9. The van der Waals surface area contributed by atoms with E-state index >= 15 is 0 Å². The third kappa shape index (κ3) is 10.7. The molecule has 57 heavy (non-hydrogen) atoms. The molecule has 0 bridgehead atoms. The molecule has 4 aromatic rings. The van der Waals surface area contributed by atoms with Crippen molar-refractivity contribution in [1.82, 2.24) is 44.1 Å².